The van der Waals surface area contributed by atoms with Crippen molar-refractivity contribution in [2.75, 3.05) is 6.54 Å². The molecule has 8 heteroatoms. The van der Waals surface area contributed by atoms with Gasteiger partial charge in [-0.2, -0.15) is 0 Å². The van der Waals surface area contributed by atoms with E-state index in [0.717, 1.165) is 30.6 Å². The highest BCUT2D eigenvalue weighted by molar-refractivity contribution is 5.93. The Morgan fingerprint density at radius 3 is 2.84 bits per heavy atom. The first kappa shape index (κ1) is 17.1. The van der Waals surface area contributed by atoms with Crippen molar-refractivity contribution >= 4 is 11.8 Å². The Kier molecular flexibility index (Phi) is 4.78. The first-order valence-electron chi connectivity index (χ1n) is 8.25. The molecule has 1 N–H and O–H groups in total. The summed E-state index contributed by atoms with van der Waals surface area (Å²) in [5.74, 6) is 0.837. The number of likely N-dealkylation sites (tertiary alicyclic amines) is 1. The fourth-order valence-corrected chi connectivity index (χ4v) is 3.15. The van der Waals surface area contributed by atoms with Gasteiger partial charge in [0.05, 0.1) is 11.7 Å². The van der Waals surface area contributed by atoms with Crippen LogP contribution in [-0.4, -0.2) is 38.2 Å². The fourth-order valence-electron chi connectivity index (χ4n) is 3.15. The molecule has 1 saturated heterocycles. The fraction of sp³-hybridized carbons (Fsp3) is 0.471. The molecule has 2 amide bonds. The predicted molar refractivity (Wildman–Crippen MR) is 88.5 cm³/mol. The number of amides is 2. The van der Waals surface area contributed by atoms with Crippen molar-refractivity contribution in [1.29, 1.82) is 0 Å². The lowest BCUT2D eigenvalue weighted by Gasteiger charge is -2.24. The van der Waals surface area contributed by atoms with Crippen LogP contribution in [0.1, 0.15) is 59.1 Å². The van der Waals surface area contributed by atoms with Gasteiger partial charge in [0.2, 0.25) is 5.91 Å². The van der Waals surface area contributed by atoms with E-state index in [9.17, 15) is 9.59 Å². The third-order valence-corrected chi connectivity index (χ3v) is 4.39. The third-order valence-electron chi connectivity index (χ3n) is 4.39. The number of nitrogens with zero attached hydrogens (tertiary/aromatic N) is 4. The van der Waals surface area contributed by atoms with Gasteiger partial charge in [-0.05, 0) is 26.7 Å². The van der Waals surface area contributed by atoms with Gasteiger partial charge in [-0.3, -0.25) is 9.59 Å². The number of nitrogens with one attached hydrogen (secondary N) is 1. The molecule has 2 aromatic heterocycles. The lowest BCUT2D eigenvalue weighted by atomic mass is 10.1. The second-order valence-electron chi connectivity index (χ2n) is 6.14. The van der Waals surface area contributed by atoms with Gasteiger partial charge in [-0.1, -0.05) is 0 Å². The molecular weight excluding hydrogens is 322 g/mol. The molecule has 0 saturated carbocycles. The summed E-state index contributed by atoms with van der Waals surface area (Å²) in [5, 5.41) is 2.82. The molecule has 0 radical (unpaired) electrons. The average molecular weight is 343 g/mol. The number of hydrogen-bond donors (Lipinski definition) is 1. The molecular formula is C17H21N5O3. The van der Waals surface area contributed by atoms with Gasteiger partial charge in [0.15, 0.2) is 12.1 Å². The first-order chi connectivity index (χ1) is 12.0. The Balaban J connectivity index is 1.81. The Morgan fingerprint density at radius 2 is 2.16 bits per heavy atom. The van der Waals surface area contributed by atoms with Crippen molar-refractivity contribution in [3.63, 3.8) is 0 Å². The van der Waals surface area contributed by atoms with Gasteiger partial charge in [0.25, 0.3) is 5.91 Å². The largest absolute Gasteiger partial charge is 0.448 e. The van der Waals surface area contributed by atoms with Crippen molar-refractivity contribution in [2.24, 2.45) is 0 Å². The summed E-state index contributed by atoms with van der Waals surface area (Å²) in [7, 11) is 0. The molecule has 1 fully saturated rings. The third kappa shape index (κ3) is 3.52. The predicted octanol–water partition coefficient (Wildman–Crippen LogP) is 1.69. The first-order valence-corrected chi connectivity index (χ1v) is 8.25. The molecule has 1 atom stereocenters. The molecule has 1 aliphatic rings. The van der Waals surface area contributed by atoms with Gasteiger partial charge in [0, 0.05) is 31.8 Å². The zero-order valence-electron chi connectivity index (χ0n) is 14.6. The summed E-state index contributed by atoms with van der Waals surface area (Å²) in [5.41, 5.74) is 1.87. The normalized spacial score (nSPS) is 16.9. The molecule has 0 bridgehead atoms. The molecule has 1 aliphatic heterocycles. The van der Waals surface area contributed by atoms with Gasteiger partial charge < -0.3 is 14.6 Å². The molecule has 0 aromatic carbocycles. The van der Waals surface area contributed by atoms with Crippen molar-refractivity contribution in [3.05, 3.63) is 41.1 Å². The van der Waals surface area contributed by atoms with Crippen LogP contribution in [0.15, 0.2) is 17.0 Å². The average Bonchev–Trinajstić information content (AvgIpc) is 3.22. The van der Waals surface area contributed by atoms with E-state index in [-0.39, 0.29) is 30.1 Å². The Labute approximate surface area is 145 Å². The summed E-state index contributed by atoms with van der Waals surface area (Å²) in [4.78, 5) is 38.6. The van der Waals surface area contributed by atoms with Gasteiger partial charge in [0.1, 0.15) is 11.6 Å². The molecule has 2 aromatic rings. The maximum atomic E-state index is 12.2. The molecule has 3 rings (SSSR count). The number of rotatable bonds is 4. The zero-order chi connectivity index (χ0) is 18.0. The number of carbonyl (C=O) groups is 2. The van der Waals surface area contributed by atoms with E-state index < -0.39 is 0 Å². The molecule has 8 nitrogen and oxygen atoms in total. The van der Waals surface area contributed by atoms with E-state index in [1.807, 2.05) is 11.8 Å². The van der Waals surface area contributed by atoms with Gasteiger partial charge in [-0.15, -0.1) is 0 Å². The lowest BCUT2D eigenvalue weighted by Crippen LogP contribution is -2.31. The van der Waals surface area contributed by atoms with Gasteiger partial charge in [-0.25, -0.2) is 15.0 Å². The highest BCUT2D eigenvalue weighted by Gasteiger charge is 2.31. The number of carbonyl (C=O) groups excluding carboxylic acids is 2. The number of oxazole rings is 1. The van der Waals surface area contributed by atoms with Gasteiger partial charge >= 0.3 is 0 Å². The highest BCUT2D eigenvalue weighted by atomic mass is 16.3. The summed E-state index contributed by atoms with van der Waals surface area (Å²) >= 11 is 0. The van der Waals surface area contributed by atoms with Crippen LogP contribution in [0.2, 0.25) is 0 Å². The Morgan fingerprint density at radius 1 is 1.36 bits per heavy atom. The standard InChI is InChI=1S/C17H21N5O3/c1-10-15(20-9-25-10)17(24)19-8-13-7-18-11(2)21-16(13)14-5-4-6-22(14)12(3)23/h7,9,14H,4-6,8H2,1-3H3,(H,19,24)/t14-/m0/s1. The molecule has 0 unspecified atom stereocenters. The molecule has 3 heterocycles. The van der Waals surface area contributed by atoms with Crippen molar-refractivity contribution in [1.82, 2.24) is 25.2 Å². The highest BCUT2D eigenvalue weighted by Crippen LogP contribution is 2.32. The van der Waals surface area contributed by atoms with Crippen LogP contribution in [0.25, 0.3) is 0 Å². The summed E-state index contributed by atoms with van der Waals surface area (Å²) < 4.78 is 5.06. The lowest BCUT2D eigenvalue weighted by molar-refractivity contribution is -0.129. The Hall–Kier alpha value is -2.77. The second kappa shape index (κ2) is 7.00. The van der Waals surface area contributed by atoms with E-state index in [4.69, 9.17) is 4.42 Å². The quantitative estimate of drug-likeness (QED) is 0.906. The van der Waals surface area contributed by atoms with E-state index in [2.05, 4.69) is 20.3 Å². The van der Waals surface area contributed by atoms with E-state index in [1.165, 1.54) is 6.39 Å². The SMILES string of the molecule is CC(=O)N1CCC[C@H]1c1nc(C)ncc1CNC(=O)c1ncoc1C. The van der Waals surface area contributed by atoms with Crippen molar-refractivity contribution in [2.45, 2.75) is 46.2 Å². The second-order valence-corrected chi connectivity index (χ2v) is 6.14. The minimum atomic E-state index is -0.312. The number of aryl methyl sites for hydroxylation is 2. The van der Waals surface area contributed by atoms with Crippen LogP contribution in [0.5, 0.6) is 0 Å². The smallest absolute Gasteiger partial charge is 0.273 e. The van der Waals surface area contributed by atoms with Crippen molar-refractivity contribution < 1.29 is 14.0 Å². The van der Waals surface area contributed by atoms with Crippen LogP contribution < -0.4 is 5.32 Å². The van der Waals surface area contributed by atoms with Crippen LogP contribution in [-0.2, 0) is 11.3 Å². The minimum absolute atomic E-state index is 0.0342. The monoisotopic (exact) mass is 343 g/mol. The molecule has 0 spiro atoms. The van der Waals surface area contributed by atoms with Crippen LogP contribution >= 0.6 is 0 Å². The van der Waals surface area contributed by atoms with E-state index in [1.54, 1.807) is 20.0 Å². The zero-order valence-corrected chi connectivity index (χ0v) is 14.6. The maximum Gasteiger partial charge on any atom is 0.273 e. The molecule has 132 valence electrons. The van der Waals surface area contributed by atoms with Crippen LogP contribution in [0, 0.1) is 13.8 Å². The van der Waals surface area contributed by atoms with E-state index in [0.29, 0.717) is 11.6 Å². The molecule has 25 heavy (non-hydrogen) atoms. The number of hydrogen-bond acceptors (Lipinski definition) is 6. The molecule has 0 aliphatic carbocycles. The van der Waals surface area contributed by atoms with Crippen LogP contribution in [0.3, 0.4) is 0 Å². The minimum Gasteiger partial charge on any atom is -0.448 e. The van der Waals surface area contributed by atoms with Crippen molar-refractivity contribution in [3.8, 4) is 0 Å². The van der Waals surface area contributed by atoms with E-state index >= 15 is 0 Å². The summed E-state index contributed by atoms with van der Waals surface area (Å²) in [6.45, 7) is 6.07. The summed E-state index contributed by atoms with van der Waals surface area (Å²) in [6, 6.07) is -0.0695. The maximum absolute atomic E-state index is 12.2. The summed E-state index contributed by atoms with van der Waals surface area (Å²) in [6.07, 6.45) is 4.76. The Bertz CT molecular complexity index is 801. The van der Waals surface area contributed by atoms with Crippen LogP contribution in [0.4, 0.5) is 0 Å². The topological polar surface area (TPSA) is 101 Å². The number of aromatic nitrogens is 3.